The predicted molar refractivity (Wildman–Crippen MR) is 72.8 cm³/mol. The molecule has 2 rings (SSSR count). The zero-order valence-corrected chi connectivity index (χ0v) is 11.2. The molecule has 1 fully saturated rings. The maximum Gasteiger partial charge on any atom is 0.292 e. The molecule has 104 valence electrons. The topological polar surface area (TPSA) is 81.6 Å². The molecule has 0 unspecified atom stereocenters. The predicted octanol–water partition coefficient (Wildman–Crippen LogP) is 1.79. The summed E-state index contributed by atoms with van der Waals surface area (Å²) in [7, 11) is 0. The van der Waals surface area contributed by atoms with E-state index in [1.165, 1.54) is 6.07 Å². The normalized spacial score (nSPS) is 24.3. The molecule has 0 saturated carbocycles. The van der Waals surface area contributed by atoms with Crippen LogP contribution >= 0.6 is 0 Å². The monoisotopic (exact) mass is 265 g/mol. The fourth-order valence-electron chi connectivity index (χ4n) is 2.54. The van der Waals surface area contributed by atoms with Crippen LogP contribution < -0.4 is 5.73 Å². The van der Waals surface area contributed by atoms with Crippen LogP contribution in [0.3, 0.4) is 0 Å². The van der Waals surface area contributed by atoms with Crippen LogP contribution in [0.5, 0.6) is 0 Å². The number of nitrogens with zero attached hydrogens (tertiary/aromatic N) is 2. The molecule has 0 bridgehead atoms. The van der Waals surface area contributed by atoms with Gasteiger partial charge >= 0.3 is 0 Å². The number of nitrogen functional groups attached to an aromatic ring is 1. The summed E-state index contributed by atoms with van der Waals surface area (Å²) in [6.07, 6.45) is 0.415. The van der Waals surface area contributed by atoms with E-state index in [0.717, 1.165) is 25.2 Å². The first-order chi connectivity index (χ1) is 8.95. The van der Waals surface area contributed by atoms with Crippen molar-refractivity contribution in [1.82, 2.24) is 4.90 Å². The summed E-state index contributed by atoms with van der Waals surface area (Å²) < 4.78 is 5.67. The fourth-order valence-corrected chi connectivity index (χ4v) is 2.54. The maximum absolute atomic E-state index is 10.7. The minimum absolute atomic E-state index is 0.0348. The molecule has 6 heteroatoms. The molecule has 0 aliphatic carbocycles. The average Bonchev–Trinajstić information content (AvgIpc) is 2.26. The molecular weight excluding hydrogens is 246 g/mol. The van der Waals surface area contributed by atoms with Gasteiger partial charge in [0.25, 0.3) is 5.69 Å². The van der Waals surface area contributed by atoms with Gasteiger partial charge in [-0.3, -0.25) is 15.0 Å². The molecule has 1 heterocycles. The van der Waals surface area contributed by atoms with Crippen molar-refractivity contribution in [2.75, 3.05) is 18.8 Å². The molecule has 0 amide bonds. The molecule has 0 spiro atoms. The van der Waals surface area contributed by atoms with E-state index in [2.05, 4.69) is 4.90 Å². The third-order valence-electron chi connectivity index (χ3n) is 3.19. The Morgan fingerprint density at radius 3 is 2.58 bits per heavy atom. The summed E-state index contributed by atoms with van der Waals surface area (Å²) >= 11 is 0. The van der Waals surface area contributed by atoms with Crippen LogP contribution in [0.1, 0.15) is 19.4 Å². The second-order valence-corrected chi connectivity index (χ2v) is 5.10. The van der Waals surface area contributed by atoms with E-state index in [1.54, 1.807) is 12.1 Å². The highest BCUT2D eigenvalue weighted by Crippen LogP contribution is 2.23. The van der Waals surface area contributed by atoms with Gasteiger partial charge in [-0.25, -0.2) is 0 Å². The Kier molecular flexibility index (Phi) is 4.01. The van der Waals surface area contributed by atoms with Crippen LogP contribution in [-0.4, -0.2) is 35.1 Å². The van der Waals surface area contributed by atoms with Crippen LogP contribution in [0, 0.1) is 10.1 Å². The van der Waals surface area contributed by atoms with E-state index in [-0.39, 0.29) is 23.6 Å². The van der Waals surface area contributed by atoms with E-state index in [9.17, 15) is 10.1 Å². The number of nitro benzene ring substituents is 1. The number of benzene rings is 1. The summed E-state index contributed by atoms with van der Waals surface area (Å²) in [6.45, 7) is 6.56. The summed E-state index contributed by atoms with van der Waals surface area (Å²) in [4.78, 5) is 12.5. The van der Waals surface area contributed by atoms with Crippen molar-refractivity contribution in [2.24, 2.45) is 0 Å². The number of ether oxygens (including phenoxy) is 1. The number of rotatable bonds is 3. The quantitative estimate of drug-likeness (QED) is 0.512. The molecule has 6 nitrogen and oxygen atoms in total. The number of anilines is 1. The van der Waals surface area contributed by atoms with Crippen molar-refractivity contribution in [2.45, 2.75) is 32.6 Å². The Morgan fingerprint density at radius 1 is 1.42 bits per heavy atom. The smallest absolute Gasteiger partial charge is 0.292 e. The Balaban J connectivity index is 2.07. The van der Waals surface area contributed by atoms with Gasteiger partial charge in [-0.2, -0.15) is 0 Å². The van der Waals surface area contributed by atoms with Crippen LogP contribution in [-0.2, 0) is 11.3 Å². The molecule has 19 heavy (non-hydrogen) atoms. The summed E-state index contributed by atoms with van der Waals surface area (Å²) in [5.41, 5.74) is 6.87. The molecule has 0 aromatic heterocycles. The minimum atomic E-state index is -0.460. The lowest BCUT2D eigenvalue weighted by atomic mass is 10.1. The van der Waals surface area contributed by atoms with Gasteiger partial charge in [0.05, 0.1) is 17.1 Å². The zero-order chi connectivity index (χ0) is 14.0. The number of hydrogen-bond donors (Lipinski definition) is 1. The lowest BCUT2D eigenvalue weighted by molar-refractivity contribution is -0.383. The number of nitro groups is 1. The first-order valence-corrected chi connectivity index (χ1v) is 6.36. The molecule has 2 N–H and O–H groups in total. The second-order valence-electron chi connectivity index (χ2n) is 5.10. The first kappa shape index (κ1) is 13.8. The average molecular weight is 265 g/mol. The van der Waals surface area contributed by atoms with Gasteiger partial charge in [0.15, 0.2) is 0 Å². The standard InChI is InChI=1S/C13H19N3O3/c1-9-6-15(7-10(2)19-9)8-11-3-4-13(16(17)18)12(14)5-11/h3-5,9-10H,6-8,14H2,1-2H3/t9-,10+. The highest BCUT2D eigenvalue weighted by molar-refractivity contribution is 5.59. The molecule has 0 radical (unpaired) electrons. The Bertz CT molecular complexity index is 468. The van der Waals surface area contributed by atoms with Gasteiger partial charge in [-0.15, -0.1) is 0 Å². The third kappa shape index (κ3) is 3.42. The summed E-state index contributed by atoms with van der Waals surface area (Å²) in [5.74, 6) is 0. The zero-order valence-electron chi connectivity index (χ0n) is 11.2. The Labute approximate surface area is 112 Å². The van der Waals surface area contributed by atoms with E-state index in [1.807, 2.05) is 13.8 Å². The minimum Gasteiger partial charge on any atom is -0.393 e. The molecule has 1 aromatic rings. The molecule has 2 atom stereocenters. The third-order valence-corrected chi connectivity index (χ3v) is 3.19. The van der Waals surface area contributed by atoms with E-state index in [4.69, 9.17) is 10.5 Å². The van der Waals surface area contributed by atoms with Crippen molar-refractivity contribution in [3.05, 3.63) is 33.9 Å². The summed E-state index contributed by atoms with van der Waals surface area (Å²) in [6, 6.07) is 4.92. The Morgan fingerprint density at radius 2 is 2.05 bits per heavy atom. The molecule has 1 aromatic carbocycles. The summed E-state index contributed by atoms with van der Waals surface area (Å²) in [5, 5.41) is 10.7. The molecule has 1 aliphatic rings. The van der Waals surface area contributed by atoms with E-state index >= 15 is 0 Å². The van der Waals surface area contributed by atoms with Crippen molar-refractivity contribution in [1.29, 1.82) is 0 Å². The highest BCUT2D eigenvalue weighted by atomic mass is 16.6. The SMILES string of the molecule is C[C@@H]1CN(Cc2ccc([N+](=O)[O-])c(N)c2)C[C@H](C)O1. The van der Waals surface area contributed by atoms with Gasteiger partial charge in [0, 0.05) is 25.7 Å². The molecule has 1 saturated heterocycles. The lowest BCUT2D eigenvalue weighted by Gasteiger charge is -2.35. The van der Waals surface area contributed by atoms with Gasteiger partial charge in [0.1, 0.15) is 5.69 Å². The van der Waals surface area contributed by atoms with Crippen LogP contribution in [0.4, 0.5) is 11.4 Å². The largest absolute Gasteiger partial charge is 0.393 e. The van der Waals surface area contributed by atoms with E-state index < -0.39 is 4.92 Å². The van der Waals surface area contributed by atoms with Gasteiger partial charge in [-0.05, 0) is 25.5 Å². The highest BCUT2D eigenvalue weighted by Gasteiger charge is 2.22. The lowest BCUT2D eigenvalue weighted by Crippen LogP contribution is -2.44. The Hall–Kier alpha value is -1.66. The van der Waals surface area contributed by atoms with Crippen molar-refractivity contribution < 1.29 is 9.66 Å². The van der Waals surface area contributed by atoms with Gasteiger partial charge in [0.2, 0.25) is 0 Å². The van der Waals surface area contributed by atoms with Crippen LogP contribution in [0.25, 0.3) is 0 Å². The fraction of sp³-hybridized carbons (Fsp3) is 0.538. The van der Waals surface area contributed by atoms with Crippen LogP contribution in [0.15, 0.2) is 18.2 Å². The maximum atomic E-state index is 10.7. The number of morpholine rings is 1. The van der Waals surface area contributed by atoms with Crippen molar-refractivity contribution >= 4 is 11.4 Å². The van der Waals surface area contributed by atoms with Gasteiger partial charge < -0.3 is 10.5 Å². The number of hydrogen-bond acceptors (Lipinski definition) is 5. The first-order valence-electron chi connectivity index (χ1n) is 6.36. The number of nitrogens with two attached hydrogens (primary N) is 1. The second kappa shape index (κ2) is 5.54. The molecule has 1 aliphatic heterocycles. The van der Waals surface area contributed by atoms with Crippen LogP contribution in [0.2, 0.25) is 0 Å². The van der Waals surface area contributed by atoms with Gasteiger partial charge in [-0.1, -0.05) is 6.07 Å². The van der Waals surface area contributed by atoms with Crippen molar-refractivity contribution in [3.63, 3.8) is 0 Å². The van der Waals surface area contributed by atoms with Crippen molar-refractivity contribution in [3.8, 4) is 0 Å². The van der Waals surface area contributed by atoms with E-state index in [0.29, 0.717) is 0 Å². The molecular formula is C13H19N3O3.